The summed E-state index contributed by atoms with van der Waals surface area (Å²) in [4.78, 5) is 4.63. The molecule has 0 bridgehead atoms. The molecular formula is C21H13ClN4S. The van der Waals surface area contributed by atoms with E-state index < -0.39 is 0 Å². The number of thiazole rings is 1. The van der Waals surface area contributed by atoms with Gasteiger partial charge in [-0.1, -0.05) is 54.1 Å². The molecule has 1 N–H and O–H groups in total. The van der Waals surface area contributed by atoms with Crippen molar-refractivity contribution in [1.29, 1.82) is 5.26 Å². The Morgan fingerprint density at radius 2 is 1.81 bits per heavy atom. The van der Waals surface area contributed by atoms with Crippen molar-refractivity contribution in [3.8, 4) is 17.3 Å². The van der Waals surface area contributed by atoms with Crippen LogP contribution in [0.4, 0.5) is 5.69 Å². The Balaban J connectivity index is 1.65. The smallest absolute Gasteiger partial charge is 0.196 e. The number of hydrazone groups is 1. The standard InChI is InChI=1S/C21H13ClN4S/c22-15-8-10-16(11-9-15)25-26-19(12-23)21-24-20(13-27-21)18-7-3-5-14-4-1-2-6-17(14)18/h1-11,13,25H/b26-19-. The van der Waals surface area contributed by atoms with Gasteiger partial charge in [0.1, 0.15) is 6.07 Å². The minimum Gasteiger partial charge on any atom is -0.277 e. The van der Waals surface area contributed by atoms with Gasteiger partial charge in [-0.25, -0.2) is 4.98 Å². The molecule has 4 rings (SSSR count). The average molecular weight is 389 g/mol. The second-order valence-electron chi connectivity index (χ2n) is 5.76. The lowest BCUT2D eigenvalue weighted by Gasteiger charge is -2.03. The van der Waals surface area contributed by atoms with Gasteiger partial charge in [0.05, 0.1) is 11.4 Å². The van der Waals surface area contributed by atoms with Crippen molar-refractivity contribution >= 4 is 45.1 Å². The Labute approximate surface area is 165 Å². The van der Waals surface area contributed by atoms with E-state index in [-0.39, 0.29) is 5.71 Å². The van der Waals surface area contributed by atoms with Crippen LogP contribution in [0.15, 0.2) is 77.2 Å². The molecule has 4 nitrogen and oxygen atoms in total. The van der Waals surface area contributed by atoms with Crippen LogP contribution in [0, 0.1) is 11.3 Å². The number of anilines is 1. The van der Waals surface area contributed by atoms with Crippen LogP contribution in [0.3, 0.4) is 0 Å². The third-order valence-electron chi connectivity index (χ3n) is 4.02. The highest BCUT2D eigenvalue weighted by atomic mass is 35.5. The third kappa shape index (κ3) is 3.68. The molecule has 3 aromatic carbocycles. The van der Waals surface area contributed by atoms with Crippen LogP contribution in [-0.4, -0.2) is 10.7 Å². The van der Waals surface area contributed by atoms with Crippen LogP contribution in [0.1, 0.15) is 5.01 Å². The molecule has 1 aromatic heterocycles. The molecule has 0 aliphatic heterocycles. The molecule has 0 amide bonds. The highest BCUT2D eigenvalue weighted by Gasteiger charge is 2.12. The molecule has 27 heavy (non-hydrogen) atoms. The van der Waals surface area contributed by atoms with E-state index in [9.17, 15) is 5.26 Å². The number of nitrogens with zero attached hydrogens (tertiary/aromatic N) is 3. The molecule has 0 aliphatic rings. The topological polar surface area (TPSA) is 61.1 Å². The van der Waals surface area contributed by atoms with Gasteiger partial charge < -0.3 is 0 Å². The van der Waals surface area contributed by atoms with Gasteiger partial charge in [0.15, 0.2) is 10.7 Å². The maximum atomic E-state index is 9.48. The Morgan fingerprint density at radius 3 is 2.63 bits per heavy atom. The monoisotopic (exact) mass is 388 g/mol. The minimum atomic E-state index is 0.237. The number of rotatable bonds is 4. The van der Waals surface area contributed by atoms with Crippen LogP contribution in [0.2, 0.25) is 5.02 Å². The minimum absolute atomic E-state index is 0.237. The first-order chi connectivity index (χ1) is 13.2. The third-order valence-corrected chi connectivity index (χ3v) is 5.12. The van der Waals surface area contributed by atoms with Gasteiger partial charge in [-0.05, 0) is 35.0 Å². The number of fused-ring (bicyclic) bond motifs is 1. The summed E-state index contributed by atoms with van der Waals surface area (Å²) in [5.41, 5.74) is 5.73. The van der Waals surface area contributed by atoms with Crippen molar-refractivity contribution in [1.82, 2.24) is 4.98 Å². The Bertz CT molecular complexity index is 1170. The lowest BCUT2D eigenvalue weighted by molar-refractivity contribution is 1.31. The molecule has 0 atom stereocenters. The zero-order valence-corrected chi connectivity index (χ0v) is 15.6. The van der Waals surface area contributed by atoms with Gasteiger partial charge in [-0.15, -0.1) is 11.3 Å². The molecule has 6 heteroatoms. The van der Waals surface area contributed by atoms with Crippen LogP contribution in [0.5, 0.6) is 0 Å². The lowest BCUT2D eigenvalue weighted by Crippen LogP contribution is -2.01. The Hall–Kier alpha value is -3.20. The van der Waals surface area contributed by atoms with E-state index in [0.717, 1.165) is 27.7 Å². The van der Waals surface area contributed by atoms with Crippen molar-refractivity contribution in [2.75, 3.05) is 5.43 Å². The van der Waals surface area contributed by atoms with E-state index >= 15 is 0 Å². The molecule has 0 saturated carbocycles. The lowest BCUT2D eigenvalue weighted by atomic mass is 10.0. The summed E-state index contributed by atoms with van der Waals surface area (Å²) in [5, 5.41) is 19.1. The molecule has 0 aliphatic carbocycles. The highest BCUT2D eigenvalue weighted by molar-refractivity contribution is 7.12. The van der Waals surface area contributed by atoms with Crippen molar-refractivity contribution in [2.45, 2.75) is 0 Å². The summed E-state index contributed by atoms with van der Waals surface area (Å²) in [6.07, 6.45) is 0. The first-order valence-electron chi connectivity index (χ1n) is 8.18. The number of hydrogen-bond acceptors (Lipinski definition) is 5. The average Bonchev–Trinajstić information content (AvgIpc) is 3.19. The summed E-state index contributed by atoms with van der Waals surface area (Å²) in [6, 6.07) is 23.5. The van der Waals surface area contributed by atoms with Gasteiger partial charge in [-0.3, -0.25) is 5.43 Å². The van der Waals surface area contributed by atoms with Gasteiger partial charge in [0.25, 0.3) is 0 Å². The van der Waals surface area contributed by atoms with Crippen LogP contribution < -0.4 is 5.43 Å². The predicted molar refractivity (Wildman–Crippen MR) is 112 cm³/mol. The SMILES string of the molecule is N#C/C(=N/Nc1ccc(Cl)cc1)c1nc(-c2cccc3ccccc23)cs1. The molecule has 4 aromatic rings. The summed E-state index contributed by atoms with van der Waals surface area (Å²) in [6.45, 7) is 0. The van der Waals surface area contributed by atoms with Crippen LogP contribution >= 0.6 is 22.9 Å². The van der Waals surface area contributed by atoms with Gasteiger partial charge in [0.2, 0.25) is 0 Å². The summed E-state index contributed by atoms with van der Waals surface area (Å²) in [5.74, 6) is 0. The molecule has 0 fully saturated rings. The van der Waals surface area contributed by atoms with Crippen molar-refractivity contribution in [3.63, 3.8) is 0 Å². The second-order valence-corrected chi connectivity index (χ2v) is 7.05. The number of aromatic nitrogens is 1. The molecule has 130 valence electrons. The fourth-order valence-corrected chi connectivity index (χ4v) is 3.60. The number of halogens is 1. The second kappa shape index (κ2) is 7.58. The fourth-order valence-electron chi connectivity index (χ4n) is 2.72. The molecule has 0 spiro atoms. The van der Waals surface area contributed by atoms with E-state index in [1.165, 1.54) is 11.3 Å². The molecule has 0 unspecified atom stereocenters. The van der Waals surface area contributed by atoms with Gasteiger partial charge >= 0.3 is 0 Å². The fraction of sp³-hybridized carbons (Fsp3) is 0. The molecule has 1 heterocycles. The molecular weight excluding hydrogens is 376 g/mol. The summed E-state index contributed by atoms with van der Waals surface area (Å²) >= 11 is 7.27. The zero-order valence-electron chi connectivity index (χ0n) is 14.1. The van der Waals surface area contributed by atoms with Crippen molar-refractivity contribution in [2.24, 2.45) is 5.10 Å². The van der Waals surface area contributed by atoms with Crippen LogP contribution in [0.25, 0.3) is 22.0 Å². The predicted octanol–water partition coefficient (Wildman–Crippen LogP) is 5.96. The number of nitriles is 1. The van der Waals surface area contributed by atoms with Crippen molar-refractivity contribution in [3.05, 3.63) is 82.1 Å². The normalized spacial score (nSPS) is 11.3. The highest BCUT2D eigenvalue weighted by Crippen LogP contribution is 2.29. The van der Waals surface area contributed by atoms with E-state index in [0.29, 0.717) is 10.0 Å². The Morgan fingerprint density at radius 1 is 1.04 bits per heavy atom. The number of nitrogens with one attached hydrogen (secondary N) is 1. The molecule has 0 saturated heterocycles. The maximum Gasteiger partial charge on any atom is 0.196 e. The number of benzene rings is 3. The first kappa shape index (κ1) is 17.2. The zero-order chi connectivity index (χ0) is 18.6. The summed E-state index contributed by atoms with van der Waals surface area (Å²) in [7, 11) is 0. The van der Waals surface area contributed by atoms with E-state index in [1.54, 1.807) is 24.3 Å². The molecule has 0 radical (unpaired) electrons. The summed E-state index contributed by atoms with van der Waals surface area (Å²) < 4.78 is 0. The van der Waals surface area contributed by atoms with E-state index in [1.807, 2.05) is 29.6 Å². The Kier molecular flexibility index (Phi) is 4.84. The maximum absolute atomic E-state index is 9.48. The van der Waals surface area contributed by atoms with Gasteiger partial charge in [-0.2, -0.15) is 10.4 Å². The first-order valence-corrected chi connectivity index (χ1v) is 9.44. The quantitative estimate of drug-likeness (QED) is 0.346. The van der Waals surface area contributed by atoms with Crippen LogP contribution in [-0.2, 0) is 0 Å². The van der Waals surface area contributed by atoms with Crippen molar-refractivity contribution < 1.29 is 0 Å². The van der Waals surface area contributed by atoms with E-state index in [4.69, 9.17) is 11.6 Å². The van der Waals surface area contributed by atoms with Gasteiger partial charge in [0, 0.05) is 16.0 Å². The number of hydrogen-bond donors (Lipinski definition) is 1. The largest absolute Gasteiger partial charge is 0.277 e. The van der Waals surface area contributed by atoms with E-state index in [2.05, 4.69) is 39.8 Å².